The number of nitrogens with one attached hydrogen (secondary N) is 1. The van der Waals surface area contributed by atoms with Gasteiger partial charge in [-0.2, -0.15) is 17.0 Å². The lowest BCUT2D eigenvalue weighted by molar-refractivity contribution is -0.120. The first-order valence-corrected chi connectivity index (χ1v) is 11.7. The van der Waals surface area contributed by atoms with E-state index in [2.05, 4.69) is 10.2 Å². The molecule has 0 spiro atoms. The highest BCUT2D eigenvalue weighted by molar-refractivity contribution is 7.86. The summed E-state index contributed by atoms with van der Waals surface area (Å²) in [6.45, 7) is 6.23. The summed E-state index contributed by atoms with van der Waals surface area (Å²) < 4.78 is 34.1. The van der Waals surface area contributed by atoms with E-state index in [1.54, 1.807) is 0 Å². The molecular weight excluding hydrogens is 384 g/mol. The molecule has 0 radical (unpaired) electrons. The number of amides is 1. The predicted octanol–water partition coefficient (Wildman–Crippen LogP) is -0.619. The van der Waals surface area contributed by atoms with Crippen molar-refractivity contribution < 1.29 is 23.1 Å². The molecule has 3 aliphatic rings. The Balaban J connectivity index is 1.52. The Morgan fingerprint density at radius 2 is 1.71 bits per heavy atom. The van der Waals surface area contributed by atoms with Crippen molar-refractivity contribution in [2.75, 3.05) is 59.0 Å². The number of rotatable bonds is 5. The fraction of sp³-hybridized carbons (Fsp3) is 0.944. The molecule has 10 heteroatoms. The number of hydrogen-bond donors (Lipinski definition) is 2. The van der Waals surface area contributed by atoms with Crippen LogP contribution in [0.4, 0.5) is 0 Å². The predicted molar refractivity (Wildman–Crippen MR) is 105 cm³/mol. The van der Waals surface area contributed by atoms with Crippen molar-refractivity contribution in [3.8, 4) is 0 Å². The molecule has 3 rings (SSSR count). The van der Waals surface area contributed by atoms with Gasteiger partial charge in [-0.15, -0.1) is 0 Å². The minimum Gasteiger partial charge on any atom is -0.389 e. The number of carbonyl (C=O) groups is 1. The fourth-order valence-corrected chi connectivity index (χ4v) is 6.04. The maximum Gasteiger partial charge on any atom is 0.282 e. The van der Waals surface area contributed by atoms with Gasteiger partial charge in [0.25, 0.3) is 10.2 Å². The number of nitrogens with zero attached hydrogens (tertiary/aromatic N) is 3. The molecule has 3 aliphatic heterocycles. The Morgan fingerprint density at radius 1 is 1.07 bits per heavy atom. The lowest BCUT2D eigenvalue weighted by Crippen LogP contribution is -2.51. The van der Waals surface area contributed by atoms with Crippen LogP contribution in [0, 0.1) is 0 Å². The molecule has 2 N–H and O–H groups in total. The Kier molecular flexibility index (Phi) is 7.32. The van der Waals surface area contributed by atoms with Crippen molar-refractivity contribution in [3.63, 3.8) is 0 Å². The first-order valence-electron chi connectivity index (χ1n) is 10.3. The molecule has 3 saturated heterocycles. The summed E-state index contributed by atoms with van der Waals surface area (Å²) in [5.74, 6) is 0.00224. The maximum absolute atomic E-state index is 12.9. The molecule has 0 aromatic carbocycles. The third kappa shape index (κ3) is 5.64. The highest BCUT2D eigenvalue weighted by atomic mass is 32.2. The zero-order chi connectivity index (χ0) is 20.2. The highest BCUT2D eigenvalue weighted by Gasteiger charge is 2.38. The van der Waals surface area contributed by atoms with E-state index in [1.807, 2.05) is 0 Å². The number of hydrogen-bond acceptors (Lipinski definition) is 6. The topological polar surface area (TPSA) is 102 Å². The van der Waals surface area contributed by atoms with Gasteiger partial charge in [-0.1, -0.05) is 0 Å². The van der Waals surface area contributed by atoms with Crippen LogP contribution in [0.1, 0.15) is 39.0 Å². The van der Waals surface area contributed by atoms with Gasteiger partial charge in [0, 0.05) is 58.8 Å². The minimum absolute atomic E-state index is 0.00224. The molecule has 0 bridgehead atoms. The molecule has 3 fully saturated rings. The number of morpholine rings is 1. The Bertz CT molecular complexity index is 632. The highest BCUT2D eigenvalue weighted by Crippen LogP contribution is 2.27. The summed E-state index contributed by atoms with van der Waals surface area (Å²) in [6.07, 6.45) is 3.47. The van der Waals surface area contributed by atoms with Crippen LogP contribution >= 0.6 is 0 Å². The van der Waals surface area contributed by atoms with Gasteiger partial charge in [-0.05, 0) is 32.1 Å². The van der Waals surface area contributed by atoms with Crippen molar-refractivity contribution >= 4 is 16.1 Å². The number of likely N-dealkylation sites (tertiary alicyclic amines) is 1. The second-order valence-corrected chi connectivity index (χ2v) is 10.2. The zero-order valence-electron chi connectivity index (χ0n) is 16.8. The van der Waals surface area contributed by atoms with E-state index in [9.17, 15) is 18.3 Å². The van der Waals surface area contributed by atoms with Gasteiger partial charge in [0.1, 0.15) is 0 Å². The molecule has 0 aromatic rings. The van der Waals surface area contributed by atoms with Crippen molar-refractivity contribution in [2.24, 2.45) is 0 Å². The standard InChI is InChI=1S/C18H34N4O5S/c1-16(23)19-17-3-8-20(9-4-17)15-18(24)5-2-7-21(10-6-18)28(25,26)22-11-13-27-14-12-22/h17,24H,2-15H2,1H3,(H,19,23). The van der Waals surface area contributed by atoms with Gasteiger partial charge in [-0.25, -0.2) is 0 Å². The normalized spacial score (nSPS) is 30.1. The molecule has 1 atom stereocenters. The molecule has 1 unspecified atom stereocenters. The van der Waals surface area contributed by atoms with Gasteiger partial charge in [0.05, 0.1) is 18.8 Å². The quantitative estimate of drug-likeness (QED) is 0.617. The van der Waals surface area contributed by atoms with Crippen LogP contribution in [0.25, 0.3) is 0 Å². The Hall–Kier alpha value is -0.780. The van der Waals surface area contributed by atoms with Gasteiger partial charge < -0.3 is 20.1 Å². The van der Waals surface area contributed by atoms with Crippen molar-refractivity contribution in [1.29, 1.82) is 0 Å². The first-order chi connectivity index (χ1) is 13.3. The van der Waals surface area contributed by atoms with Gasteiger partial charge >= 0.3 is 0 Å². The van der Waals surface area contributed by atoms with Crippen molar-refractivity contribution in [2.45, 2.75) is 50.7 Å². The monoisotopic (exact) mass is 418 g/mol. The van der Waals surface area contributed by atoms with Crippen LogP contribution in [-0.2, 0) is 19.7 Å². The van der Waals surface area contributed by atoms with Crippen LogP contribution in [-0.4, -0.2) is 104 Å². The molecule has 1 amide bonds. The van der Waals surface area contributed by atoms with Crippen molar-refractivity contribution in [3.05, 3.63) is 0 Å². The van der Waals surface area contributed by atoms with E-state index in [0.717, 1.165) is 25.9 Å². The number of β-amino-alcohol motifs (C(OH)–C–C–N with tert-alkyl or cyclic N) is 1. The molecule has 28 heavy (non-hydrogen) atoms. The number of ether oxygens (including phenoxy) is 1. The van der Waals surface area contributed by atoms with E-state index < -0.39 is 15.8 Å². The first kappa shape index (κ1) is 21.9. The van der Waals surface area contributed by atoms with E-state index in [-0.39, 0.29) is 11.9 Å². The molecule has 9 nitrogen and oxygen atoms in total. The molecule has 0 saturated carbocycles. The van der Waals surface area contributed by atoms with Gasteiger partial charge in [0.2, 0.25) is 5.91 Å². The second-order valence-electron chi connectivity index (χ2n) is 8.25. The number of aliphatic hydroxyl groups is 1. The molecule has 0 aliphatic carbocycles. The third-order valence-electron chi connectivity index (χ3n) is 6.01. The summed E-state index contributed by atoms with van der Waals surface area (Å²) >= 11 is 0. The number of carbonyl (C=O) groups excluding carboxylic acids is 1. The van der Waals surface area contributed by atoms with E-state index in [0.29, 0.717) is 65.2 Å². The van der Waals surface area contributed by atoms with Crippen molar-refractivity contribution in [1.82, 2.24) is 18.8 Å². The lowest BCUT2D eigenvalue weighted by atomic mass is 9.93. The summed E-state index contributed by atoms with van der Waals surface area (Å²) in [6, 6.07) is 0.215. The Labute approximate surface area is 168 Å². The fourth-order valence-electron chi connectivity index (χ4n) is 4.42. The molecule has 0 aromatic heterocycles. The van der Waals surface area contributed by atoms with Crippen LogP contribution in [0.3, 0.4) is 0 Å². The maximum atomic E-state index is 12.9. The van der Waals surface area contributed by atoms with E-state index in [4.69, 9.17) is 4.74 Å². The van der Waals surface area contributed by atoms with Crippen LogP contribution in [0.5, 0.6) is 0 Å². The summed E-state index contributed by atoms with van der Waals surface area (Å²) in [7, 11) is -3.49. The Morgan fingerprint density at radius 3 is 2.36 bits per heavy atom. The summed E-state index contributed by atoms with van der Waals surface area (Å²) in [5.41, 5.74) is -0.865. The summed E-state index contributed by atoms with van der Waals surface area (Å²) in [5, 5.41) is 14.1. The smallest absolute Gasteiger partial charge is 0.282 e. The van der Waals surface area contributed by atoms with Crippen LogP contribution in [0.2, 0.25) is 0 Å². The lowest BCUT2D eigenvalue weighted by Gasteiger charge is -2.38. The summed E-state index contributed by atoms with van der Waals surface area (Å²) in [4.78, 5) is 13.4. The average Bonchev–Trinajstić information content (AvgIpc) is 2.86. The molecule has 3 heterocycles. The molecule has 162 valence electrons. The van der Waals surface area contributed by atoms with Gasteiger partial charge in [0.15, 0.2) is 0 Å². The molecular formula is C18H34N4O5S. The second kappa shape index (κ2) is 9.36. The SMILES string of the molecule is CC(=O)NC1CCN(CC2(O)CCCN(S(=O)(=O)N3CCOCC3)CC2)CC1. The minimum atomic E-state index is -3.49. The number of piperidine rings is 1. The zero-order valence-corrected chi connectivity index (χ0v) is 17.6. The van der Waals surface area contributed by atoms with Crippen LogP contribution in [0.15, 0.2) is 0 Å². The van der Waals surface area contributed by atoms with Crippen LogP contribution < -0.4 is 5.32 Å². The third-order valence-corrected chi connectivity index (χ3v) is 8.05. The van der Waals surface area contributed by atoms with E-state index >= 15 is 0 Å². The largest absolute Gasteiger partial charge is 0.389 e. The van der Waals surface area contributed by atoms with E-state index in [1.165, 1.54) is 15.5 Å². The average molecular weight is 419 g/mol. The van der Waals surface area contributed by atoms with Gasteiger partial charge in [-0.3, -0.25) is 4.79 Å².